The van der Waals surface area contributed by atoms with E-state index in [1.54, 1.807) is 12.1 Å². The summed E-state index contributed by atoms with van der Waals surface area (Å²) in [6.07, 6.45) is 0. The number of anilines is 1. The molecule has 0 spiro atoms. The number of carbonyl (C=O) groups is 1. The molecule has 4 heteroatoms. The van der Waals surface area contributed by atoms with Crippen molar-refractivity contribution in [3.8, 4) is 11.3 Å². The fraction of sp³-hybridized carbons (Fsp3) is 0. The van der Waals surface area contributed by atoms with Crippen molar-refractivity contribution in [2.45, 2.75) is 0 Å². The molecule has 0 unspecified atom stereocenters. The van der Waals surface area contributed by atoms with Gasteiger partial charge in [-0.15, -0.1) is 0 Å². The zero-order valence-corrected chi connectivity index (χ0v) is 9.96. The van der Waals surface area contributed by atoms with Gasteiger partial charge in [-0.1, -0.05) is 30.3 Å². The van der Waals surface area contributed by atoms with Crippen LogP contribution >= 0.6 is 0 Å². The molecule has 19 heavy (non-hydrogen) atoms. The van der Waals surface area contributed by atoms with Crippen molar-refractivity contribution in [2.75, 3.05) is 5.73 Å². The van der Waals surface area contributed by atoms with Crippen LogP contribution in [-0.2, 0) is 0 Å². The van der Waals surface area contributed by atoms with Crippen molar-refractivity contribution >= 4 is 22.6 Å². The van der Waals surface area contributed by atoms with Crippen molar-refractivity contribution in [1.29, 1.82) is 0 Å². The number of hydrogen-bond donors (Lipinski definition) is 2. The van der Waals surface area contributed by atoms with Gasteiger partial charge in [0.15, 0.2) is 0 Å². The molecule has 0 saturated carbocycles. The Bertz CT molecular complexity index is 760. The number of carboxylic acid groups (broad SMARTS) is 1. The Hall–Kier alpha value is -2.75. The van der Waals surface area contributed by atoms with Gasteiger partial charge in [-0.05, 0) is 18.2 Å². The average molecular weight is 253 g/mol. The summed E-state index contributed by atoms with van der Waals surface area (Å²) in [4.78, 5) is 11.2. The van der Waals surface area contributed by atoms with Gasteiger partial charge in [0, 0.05) is 16.6 Å². The first kappa shape index (κ1) is 11.3. The molecule has 94 valence electrons. The summed E-state index contributed by atoms with van der Waals surface area (Å²) < 4.78 is 5.67. The standard InChI is InChI=1S/C15H11NO3/c16-11-6-10-7-13(9-4-2-1-3-5-9)19-14(10)12(8-11)15(17)18/h1-8H,16H2,(H,17,18). The van der Waals surface area contributed by atoms with Gasteiger partial charge < -0.3 is 15.3 Å². The quantitative estimate of drug-likeness (QED) is 0.686. The van der Waals surface area contributed by atoms with Crippen LogP contribution in [-0.4, -0.2) is 11.1 Å². The Labute approximate surface area is 109 Å². The Morgan fingerprint density at radius 3 is 2.53 bits per heavy atom. The Morgan fingerprint density at radius 1 is 1.11 bits per heavy atom. The Balaban J connectivity index is 2.26. The zero-order valence-electron chi connectivity index (χ0n) is 9.96. The molecule has 1 heterocycles. The number of hydrogen-bond acceptors (Lipinski definition) is 3. The molecule has 3 N–H and O–H groups in total. The van der Waals surface area contributed by atoms with Crippen LogP contribution in [0.5, 0.6) is 0 Å². The van der Waals surface area contributed by atoms with E-state index in [1.807, 2.05) is 30.3 Å². The van der Waals surface area contributed by atoms with Crippen LogP contribution in [0.25, 0.3) is 22.3 Å². The second-order valence-corrected chi connectivity index (χ2v) is 4.27. The summed E-state index contributed by atoms with van der Waals surface area (Å²) in [5, 5.41) is 9.86. The molecule has 0 aliphatic rings. The number of nitrogen functional groups attached to an aromatic ring is 1. The first-order chi connectivity index (χ1) is 9.15. The highest BCUT2D eigenvalue weighted by atomic mass is 16.4. The van der Waals surface area contributed by atoms with Crippen molar-refractivity contribution < 1.29 is 14.3 Å². The molecule has 2 aromatic carbocycles. The van der Waals surface area contributed by atoms with Crippen LogP contribution in [0.2, 0.25) is 0 Å². The highest BCUT2D eigenvalue weighted by Gasteiger charge is 2.15. The summed E-state index contributed by atoms with van der Waals surface area (Å²) in [6, 6.07) is 14.4. The van der Waals surface area contributed by atoms with E-state index >= 15 is 0 Å². The van der Waals surface area contributed by atoms with Gasteiger partial charge in [-0.3, -0.25) is 0 Å². The molecule has 0 atom stereocenters. The Kier molecular flexibility index (Phi) is 2.49. The summed E-state index contributed by atoms with van der Waals surface area (Å²) in [5.41, 5.74) is 7.44. The number of nitrogens with two attached hydrogens (primary N) is 1. The lowest BCUT2D eigenvalue weighted by Crippen LogP contribution is -1.98. The third-order valence-electron chi connectivity index (χ3n) is 2.93. The lowest BCUT2D eigenvalue weighted by Gasteiger charge is -1.98. The second kappa shape index (κ2) is 4.17. The maximum Gasteiger partial charge on any atom is 0.339 e. The molecule has 0 amide bonds. The average Bonchev–Trinajstić information content (AvgIpc) is 2.82. The lowest BCUT2D eigenvalue weighted by molar-refractivity contribution is 0.0698. The summed E-state index contributed by atoms with van der Waals surface area (Å²) in [5.74, 6) is -0.421. The van der Waals surface area contributed by atoms with E-state index in [0.29, 0.717) is 22.4 Å². The molecule has 1 aromatic heterocycles. The molecule has 0 aliphatic carbocycles. The number of rotatable bonds is 2. The number of aromatic carboxylic acids is 1. The summed E-state index contributed by atoms with van der Waals surface area (Å²) in [7, 11) is 0. The molecule has 0 fully saturated rings. The molecule has 0 aliphatic heterocycles. The zero-order chi connectivity index (χ0) is 13.4. The lowest BCUT2D eigenvalue weighted by atomic mass is 10.1. The van der Waals surface area contributed by atoms with Gasteiger partial charge >= 0.3 is 5.97 Å². The van der Waals surface area contributed by atoms with Crippen molar-refractivity contribution in [2.24, 2.45) is 0 Å². The maximum atomic E-state index is 11.2. The van der Waals surface area contributed by atoms with E-state index in [9.17, 15) is 9.90 Å². The molecule has 3 aromatic rings. The minimum Gasteiger partial charge on any atom is -0.478 e. The molecular formula is C15H11NO3. The fourth-order valence-corrected chi connectivity index (χ4v) is 2.08. The van der Waals surface area contributed by atoms with E-state index in [1.165, 1.54) is 6.07 Å². The Morgan fingerprint density at radius 2 is 1.84 bits per heavy atom. The monoisotopic (exact) mass is 253 g/mol. The van der Waals surface area contributed by atoms with Crippen molar-refractivity contribution in [3.63, 3.8) is 0 Å². The van der Waals surface area contributed by atoms with Crippen LogP contribution in [0, 0.1) is 0 Å². The van der Waals surface area contributed by atoms with Gasteiger partial charge in [0.05, 0.1) is 0 Å². The van der Waals surface area contributed by atoms with Crippen LogP contribution in [0.3, 0.4) is 0 Å². The molecule has 0 bridgehead atoms. The van der Waals surface area contributed by atoms with Gasteiger partial charge in [-0.2, -0.15) is 0 Å². The van der Waals surface area contributed by atoms with Crippen LogP contribution in [0.4, 0.5) is 5.69 Å². The second-order valence-electron chi connectivity index (χ2n) is 4.27. The first-order valence-electron chi connectivity index (χ1n) is 5.77. The predicted octanol–water partition coefficient (Wildman–Crippen LogP) is 3.38. The van der Waals surface area contributed by atoms with E-state index < -0.39 is 5.97 Å². The number of benzene rings is 2. The maximum absolute atomic E-state index is 11.2. The number of furan rings is 1. The number of fused-ring (bicyclic) bond motifs is 1. The normalized spacial score (nSPS) is 10.7. The van der Waals surface area contributed by atoms with E-state index in [0.717, 1.165) is 5.56 Å². The third kappa shape index (κ3) is 1.93. The topological polar surface area (TPSA) is 76.5 Å². The van der Waals surface area contributed by atoms with Crippen LogP contribution in [0.15, 0.2) is 52.9 Å². The van der Waals surface area contributed by atoms with E-state index in [4.69, 9.17) is 10.2 Å². The third-order valence-corrected chi connectivity index (χ3v) is 2.93. The van der Waals surface area contributed by atoms with Gasteiger partial charge in [0.2, 0.25) is 0 Å². The predicted molar refractivity (Wildman–Crippen MR) is 73.0 cm³/mol. The fourth-order valence-electron chi connectivity index (χ4n) is 2.08. The summed E-state index contributed by atoms with van der Waals surface area (Å²) >= 11 is 0. The molecular weight excluding hydrogens is 242 g/mol. The van der Waals surface area contributed by atoms with E-state index in [-0.39, 0.29) is 5.56 Å². The highest BCUT2D eigenvalue weighted by molar-refractivity contribution is 6.03. The van der Waals surface area contributed by atoms with Gasteiger partial charge in [-0.25, -0.2) is 4.79 Å². The highest BCUT2D eigenvalue weighted by Crippen LogP contribution is 2.31. The largest absolute Gasteiger partial charge is 0.478 e. The van der Waals surface area contributed by atoms with Crippen LogP contribution in [0.1, 0.15) is 10.4 Å². The van der Waals surface area contributed by atoms with Crippen molar-refractivity contribution in [1.82, 2.24) is 0 Å². The van der Waals surface area contributed by atoms with Crippen molar-refractivity contribution in [3.05, 3.63) is 54.1 Å². The molecule has 0 saturated heterocycles. The molecule has 0 radical (unpaired) electrons. The van der Waals surface area contributed by atoms with E-state index in [2.05, 4.69) is 0 Å². The summed E-state index contributed by atoms with van der Waals surface area (Å²) in [6.45, 7) is 0. The molecule has 3 rings (SSSR count). The van der Waals surface area contributed by atoms with Gasteiger partial charge in [0.25, 0.3) is 0 Å². The number of carboxylic acids is 1. The minimum absolute atomic E-state index is 0.0807. The smallest absolute Gasteiger partial charge is 0.339 e. The minimum atomic E-state index is -1.05. The first-order valence-corrected chi connectivity index (χ1v) is 5.77. The molecule has 4 nitrogen and oxygen atoms in total. The SMILES string of the molecule is Nc1cc(C(=O)O)c2oc(-c3ccccc3)cc2c1. The van der Waals surface area contributed by atoms with Crippen LogP contribution < -0.4 is 5.73 Å². The van der Waals surface area contributed by atoms with Gasteiger partial charge in [0.1, 0.15) is 16.9 Å².